The molecular weight excluding hydrogens is 391 g/mol. The first kappa shape index (κ1) is 20.7. The molecule has 1 N–H and O–H groups in total. The van der Waals surface area contributed by atoms with Gasteiger partial charge in [-0.15, -0.1) is 11.3 Å². The minimum atomic E-state index is -0.286. The summed E-state index contributed by atoms with van der Waals surface area (Å²) in [7, 11) is 1.61. The highest BCUT2D eigenvalue weighted by atomic mass is 32.1. The van der Waals surface area contributed by atoms with Crippen molar-refractivity contribution in [1.29, 1.82) is 0 Å². The lowest BCUT2D eigenvalue weighted by atomic mass is 10.1. The Bertz CT molecular complexity index is 972. The molecule has 29 heavy (non-hydrogen) atoms. The smallest absolute Gasteiger partial charge is 0.257 e. The Morgan fingerprint density at radius 1 is 1.21 bits per heavy atom. The fourth-order valence-corrected chi connectivity index (χ4v) is 3.16. The number of halogens is 1. The van der Waals surface area contributed by atoms with Gasteiger partial charge in [0.15, 0.2) is 5.13 Å². The minimum Gasteiger partial charge on any atom is -0.488 e. The van der Waals surface area contributed by atoms with Crippen LogP contribution in [-0.2, 0) is 4.74 Å². The Hall–Kier alpha value is -3.03. The Kier molecular flexibility index (Phi) is 7.10. The maximum Gasteiger partial charge on any atom is 0.257 e. The average Bonchev–Trinajstić information content (AvgIpc) is 3.20. The summed E-state index contributed by atoms with van der Waals surface area (Å²) in [5.41, 5.74) is 2.07. The van der Waals surface area contributed by atoms with E-state index in [-0.39, 0.29) is 17.8 Å². The zero-order valence-electron chi connectivity index (χ0n) is 16.1. The number of ether oxygens (including phenoxy) is 2. The van der Waals surface area contributed by atoms with E-state index in [9.17, 15) is 9.18 Å². The highest BCUT2D eigenvalue weighted by Crippen LogP contribution is 2.22. The largest absolute Gasteiger partial charge is 0.488 e. The number of nitrogens with one attached hydrogen (secondary N) is 1. The Morgan fingerprint density at radius 3 is 2.66 bits per heavy atom. The third-order valence-corrected chi connectivity index (χ3v) is 4.61. The molecule has 1 amide bonds. The predicted molar refractivity (Wildman–Crippen MR) is 114 cm³/mol. The van der Waals surface area contributed by atoms with Crippen LogP contribution in [0.4, 0.5) is 9.52 Å². The van der Waals surface area contributed by atoms with Gasteiger partial charge < -0.3 is 9.47 Å². The van der Waals surface area contributed by atoms with Crippen LogP contribution >= 0.6 is 11.3 Å². The normalized spacial score (nSPS) is 12.1. The van der Waals surface area contributed by atoms with Crippen molar-refractivity contribution in [3.05, 3.63) is 76.5 Å². The number of carbonyl (C=O) groups is 1. The van der Waals surface area contributed by atoms with E-state index in [1.54, 1.807) is 43.0 Å². The van der Waals surface area contributed by atoms with E-state index >= 15 is 0 Å². The summed E-state index contributed by atoms with van der Waals surface area (Å²) in [6, 6.07) is 11.5. The van der Waals surface area contributed by atoms with E-state index in [0.717, 1.165) is 11.1 Å². The Labute approximate surface area is 172 Å². The lowest BCUT2D eigenvalue weighted by molar-refractivity contribution is 0.0917. The monoisotopic (exact) mass is 412 g/mol. The van der Waals surface area contributed by atoms with E-state index in [1.807, 2.05) is 25.1 Å². The SMILES string of the molecule is COC[C@H](C)Oc1cc(C=Cc2ccc(F)cc2)cc(C(=O)Nc2nccs2)c1. The molecule has 0 unspecified atom stereocenters. The lowest BCUT2D eigenvalue weighted by Gasteiger charge is -2.15. The number of carbonyl (C=O) groups excluding carboxylic acids is 1. The maximum absolute atomic E-state index is 13.1. The van der Waals surface area contributed by atoms with E-state index in [0.29, 0.717) is 23.1 Å². The molecule has 0 radical (unpaired) electrons. The van der Waals surface area contributed by atoms with Crippen molar-refractivity contribution in [1.82, 2.24) is 4.98 Å². The van der Waals surface area contributed by atoms with Crippen LogP contribution in [0, 0.1) is 5.82 Å². The Morgan fingerprint density at radius 2 is 1.97 bits per heavy atom. The maximum atomic E-state index is 13.1. The standard InChI is InChI=1S/C22H21FN2O3S/c1-15(14-27-2)28-20-12-17(4-3-16-5-7-19(23)8-6-16)11-18(13-20)21(26)25-22-24-9-10-29-22/h3-13,15H,14H2,1-2H3,(H,24,25,26)/t15-/m0/s1. The van der Waals surface area contributed by atoms with Gasteiger partial charge in [0.2, 0.25) is 0 Å². The number of anilines is 1. The van der Waals surface area contributed by atoms with Crippen molar-refractivity contribution >= 4 is 34.5 Å². The van der Waals surface area contributed by atoms with Gasteiger partial charge in [0.25, 0.3) is 5.91 Å². The molecule has 1 aromatic heterocycles. The van der Waals surface area contributed by atoms with Gasteiger partial charge in [-0.05, 0) is 48.4 Å². The van der Waals surface area contributed by atoms with E-state index in [1.165, 1.54) is 23.5 Å². The van der Waals surface area contributed by atoms with Gasteiger partial charge in [-0.2, -0.15) is 0 Å². The zero-order chi connectivity index (χ0) is 20.6. The van der Waals surface area contributed by atoms with Crippen LogP contribution in [0.3, 0.4) is 0 Å². The third-order valence-electron chi connectivity index (χ3n) is 3.92. The van der Waals surface area contributed by atoms with Crippen molar-refractivity contribution in [3.63, 3.8) is 0 Å². The van der Waals surface area contributed by atoms with Crippen LogP contribution in [0.5, 0.6) is 5.75 Å². The predicted octanol–water partition coefficient (Wildman–Crippen LogP) is 5.12. The summed E-state index contributed by atoms with van der Waals surface area (Å²) in [5.74, 6) is -0.00727. The molecule has 0 spiro atoms. The van der Waals surface area contributed by atoms with Gasteiger partial charge in [0.1, 0.15) is 17.7 Å². The van der Waals surface area contributed by atoms with Crippen LogP contribution in [0.15, 0.2) is 54.0 Å². The molecular formula is C22H21FN2O3S. The molecule has 3 aromatic rings. The van der Waals surface area contributed by atoms with E-state index in [2.05, 4.69) is 10.3 Å². The van der Waals surface area contributed by atoms with Crippen molar-refractivity contribution < 1.29 is 18.7 Å². The molecule has 0 aliphatic rings. The van der Waals surface area contributed by atoms with Gasteiger partial charge in [-0.1, -0.05) is 24.3 Å². The number of benzene rings is 2. The van der Waals surface area contributed by atoms with Crippen LogP contribution < -0.4 is 10.1 Å². The second kappa shape index (κ2) is 9.95. The number of rotatable bonds is 8. The molecule has 2 aromatic carbocycles. The molecule has 3 rings (SSSR count). The first-order valence-corrected chi connectivity index (χ1v) is 9.86. The lowest BCUT2D eigenvalue weighted by Crippen LogP contribution is -2.18. The molecule has 5 nitrogen and oxygen atoms in total. The fourth-order valence-electron chi connectivity index (χ4n) is 2.64. The molecule has 7 heteroatoms. The van der Waals surface area contributed by atoms with Gasteiger partial charge >= 0.3 is 0 Å². The van der Waals surface area contributed by atoms with Crippen molar-refractivity contribution in [2.75, 3.05) is 19.0 Å². The summed E-state index contributed by atoms with van der Waals surface area (Å²) in [6.07, 6.45) is 5.15. The van der Waals surface area contributed by atoms with Gasteiger partial charge in [0, 0.05) is 24.3 Å². The van der Waals surface area contributed by atoms with E-state index < -0.39 is 0 Å². The number of methoxy groups -OCH3 is 1. The number of aromatic nitrogens is 1. The van der Waals surface area contributed by atoms with Crippen molar-refractivity contribution in [2.45, 2.75) is 13.0 Å². The number of nitrogens with zero attached hydrogens (tertiary/aromatic N) is 1. The first-order valence-electron chi connectivity index (χ1n) is 8.98. The molecule has 0 aliphatic carbocycles. The van der Waals surface area contributed by atoms with Crippen LogP contribution in [0.1, 0.15) is 28.4 Å². The first-order chi connectivity index (χ1) is 14.0. The van der Waals surface area contributed by atoms with Crippen LogP contribution in [-0.4, -0.2) is 30.7 Å². The third kappa shape index (κ3) is 6.23. The molecule has 150 valence electrons. The molecule has 1 heterocycles. The second-order valence-electron chi connectivity index (χ2n) is 6.35. The van der Waals surface area contributed by atoms with E-state index in [4.69, 9.17) is 9.47 Å². The summed E-state index contributed by atoms with van der Waals surface area (Å²) in [4.78, 5) is 16.7. The molecule has 0 saturated carbocycles. The minimum absolute atomic E-state index is 0.175. The molecule has 0 bridgehead atoms. The number of hydrogen-bond acceptors (Lipinski definition) is 5. The van der Waals surface area contributed by atoms with Crippen molar-refractivity contribution in [3.8, 4) is 5.75 Å². The molecule has 0 aliphatic heterocycles. The van der Waals surface area contributed by atoms with Crippen LogP contribution in [0.2, 0.25) is 0 Å². The summed E-state index contributed by atoms with van der Waals surface area (Å²) in [6.45, 7) is 2.32. The molecule has 1 atom stereocenters. The summed E-state index contributed by atoms with van der Waals surface area (Å²) in [5, 5.41) is 5.09. The second-order valence-corrected chi connectivity index (χ2v) is 7.25. The number of thiazole rings is 1. The van der Waals surface area contributed by atoms with Crippen LogP contribution in [0.25, 0.3) is 12.2 Å². The molecule has 0 saturated heterocycles. The molecule has 0 fully saturated rings. The highest BCUT2D eigenvalue weighted by Gasteiger charge is 2.12. The quantitative estimate of drug-likeness (QED) is 0.522. The van der Waals surface area contributed by atoms with Crippen molar-refractivity contribution in [2.24, 2.45) is 0 Å². The highest BCUT2D eigenvalue weighted by molar-refractivity contribution is 7.13. The number of amides is 1. The van der Waals surface area contributed by atoms with Gasteiger partial charge in [-0.25, -0.2) is 9.37 Å². The summed E-state index contributed by atoms with van der Waals surface area (Å²) < 4.78 is 24.1. The zero-order valence-corrected chi connectivity index (χ0v) is 16.9. The average molecular weight is 412 g/mol. The Balaban J connectivity index is 1.86. The fraction of sp³-hybridized carbons (Fsp3) is 0.182. The van der Waals surface area contributed by atoms with Gasteiger partial charge in [0.05, 0.1) is 6.61 Å². The topological polar surface area (TPSA) is 60.5 Å². The number of hydrogen-bond donors (Lipinski definition) is 1. The van der Waals surface area contributed by atoms with Gasteiger partial charge in [-0.3, -0.25) is 10.1 Å². The summed E-state index contributed by atoms with van der Waals surface area (Å²) >= 11 is 1.34.